The molecule has 0 aliphatic rings. The van der Waals surface area contributed by atoms with Crippen molar-refractivity contribution in [2.75, 3.05) is 12.4 Å². The van der Waals surface area contributed by atoms with E-state index in [1.807, 2.05) is 6.07 Å². The number of ether oxygens (including phenoxy) is 1. The predicted molar refractivity (Wildman–Crippen MR) is 82.7 cm³/mol. The molecular weight excluding hydrogens is 288 g/mol. The fraction of sp³-hybridized carbons (Fsp3) is 0.625. The number of alkyl halides is 1. The average Bonchev–Trinajstić information content (AvgIpc) is 2.38. The van der Waals surface area contributed by atoms with Crippen LogP contribution < -0.4 is 4.74 Å². The molecule has 2 atom stereocenters. The molecule has 1 rings (SSSR count). The fourth-order valence-electron chi connectivity index (χ4n) is 2.56. The molecule has 0 aromatic heterocycles. The number of rotatable bonds is 8. The Labute approximate surface area is 120 Å². The summed E-state index contributed by atoms with van der Waals surface area (Å²) in [6, 6.07) is 8.36. The van der Waals surface area contributed by atoms with Crippen LogP contribution in [0.4, 0.5) is 0 Å². The number of methoxy groups -OCH3 is 1. The van der Waals surface area contributed by atoms with Crippen molar-refractivity contribution in [3.05, 3.63) is 29.8 Å². The van der Waals surface area contributed by atoms with Gasteiger partial charge in [-0.1, -0.05) is 60.8 Å². The largest absolute Gasteiger partial charge is 0.496 e. The first kappa shape index (κ1) is 15.6. The molecule has 0 spiro atoms. The summed E-state index contributed by atoms with van der Waals surface area (Å²) < 4.78 is 5.43. The molecule has 0 aliphatic heterocycles. The molecule has 18 heavy (non-hydrogen) atoms. The van der Waals surface area contributed by atoms with Crippen LogP contribution in [0.5, 0.6) is 5.75 Å². The van der Waals surface area contributed by atoms with Gasteiger partial charge in [0.05, 0.1) is 7.11 Å². The van der Waals surface area contributed by atoms with E-state index in [4.69, 9.17) is 4.74 Å². The highest BCUT2D eigenvalue weighted by atomic mass is 79.9. The highest BCUT2D eigenvalue weighted by Crippen LogP contribution is 2.26. The molecule has 0 heterocycles. The first-order chi connectivity index (χ1) is 8.71. The molecule has 0 aliphatic carbocycles. The summed E-state index contributed by atoms with van der Waals surface area (Å²) >= 11 is 3.66. The van der Waals surface area contributed by atoms with E-state index in [1.54, 1.807) is 7.11 Å². The van der Waals surface area contributed by atoms with Crippen LogP contribution in [0.25, 0.3) is 0 Å². The van der Waals surface area contributed by atoms with Crippen molar-refractivity contribution in [3.8, 4) is 5.75 Å². The van der Waals surface area contributed by atoms with Gasteiger partial charge in [-0.3, -0.25) is 0 Å². The van der Waals surface area contributed by atoms with Crippen LogP contribution in [-0.4, -0.2) is 12.4 Å². The summed E-state index contributed by atoms with van der Waals surface area (Å²) in [5.41, 5.74) is 1.33. The number of hydrogen-bond acceptors (Lipinski definition) is 1. The van der Waals surface area contributed by atoms with Crippen LogP contribution in [0.15, 0.2) is 24.3 Å². The van der Waals surface area contributed by atoms with Gasteiger partial charge in [0.1, 0.15) is 5.75 Å². The van der Waals surface area contributed by atoms with Gasteiger partial charge in [-0.15, -0.1) is 0 Å². The van der Waals surface area contributed by atoms with Crippen LogP contribution in [-0.2, 0) is 6.42 Å². The van der Waals surface area contributed by atoms with Gasteiger partial charge in [0.25, 0.3) is 0 Å². The summed E-state index contributed by atoms with van der Waals surface area (Å²) in [5.74, 6) is 2.53. The Kier molecular flexibility index (Phi) is 7.41. The molecule has 2 heteroatoms. The molecule has 1 aromatic rings. The third-order valence-corrected chi connectivity index (χ3v) is 4.35. The van der Waals surface area contributed by atoms with Gasteiger partial charge in [0.15, 0.2) is 0 Å². The monoisotopic (exact) mass is 312 g/mol. The summed E-state index contributed by atoms with van der Waals surface area (Å²) in [4.78, 5) is 0. The molecule has 102 valence electrons. The molecule has 0 amide bonds. The fourth-order valence-corrected chi connectivity index (χ4v) is 3.06. The lowest BCUT2D eigenvalue weighted by atomic mass is 9.89. The number of benzene rings is 1. The summed E-state index contributed by atoms with van der Waals surface area (Å²) in [6.45, 7) is 4.63. The van der Waals surface area contributed by atoms with Crippen LogP contribution >= 0.6 is 15.9 Å². The lowest BCUT2D eigenvalue weighted by Crippen LogP contribution is -2.11. The smallest absolute Gasteiger partial charge is 0.122 e. The second-order valence-corrected chi connectivity index (χ2v) is 5.81. The Hall–Kier alpha value is -0.500. The minimum atomic E-state index is 0.697. The molecule has 2 unspecified atom stereocenters. The van der Waals surface area contributed by atoms with E-state index < -0.39 is 0 Å². The Morgan fingerprint density at radius 2 is 2.00 bits per heavy atom. The zero-order valence-electron chi connectivity index (χ0n) is 11.8. The van der Waals surface area contributed by atoms with Crippen molar-refractivity contribution in [2.45, 2.75) is 39.5 Å². The lowest BCUT2D eigenvalue weighted by molar-refractivity contribution is 0.381. The summed E-state index contributed by atoms with van der Waals surface area (Å²) in [6.07, 6.45) is 5.00. The van der Waals surface area contributed by atoms with Gasteiger partial charge in [-0.25, -0.2) is 0 Å². The standard InChI is InChI=1S/C16H25BrO/c1-4-7-13(2)10-14(12-17)11-15-8-5-6-9-16(15)18-3/h5-6,8-9,13-14H,4,7,10-12H2,1-3H3. The molecule has 0 saturated carbocycles. The van der Waals surface area contributed by atoms with E-state index in [-0.39, 0.29) is 0 Å². The molecule has 0 fully saturated rings. The quantitative estimate of drug-likeness (QED) is 0.608. The van der Waals surface area contributed by atoms with Gasteiger partial charge in [-0.2, -0.15) is 0 Å². The Morgan fingerprint density at radius 3 is 2.61 bits per heavy atom. The summed E-state index contributed by atoms with van der Waals surface area (Å²) in [7, 11) is 1.75. The molecule has 1 aromatic carbocycles. The zero-order chi connectivity index (χ0) is 13.4. The average molecular weight is 313 g/mol. The molecule has 0 saturated heterocycles. The van der Waals surface area contributed by atoms with Crippen molar-refractivity contribution in [1.29, 1.82) is 0 Å². The highest BCUT2D eigenvalue weighted by Gasteiger charge is 2.14. The highest BCUT2D eigenvalue weighted by molar-refractivity contribution is 9.09. The predicted octanol–water partition coefficient (Wildman–Crippen LogP) is 5.08. The number of hydrogen-bond donors (Lipinski definition) is 0. The third kappa shape index (κ3) is 5.01. The van der Waals surface area contributed by atoms with E-state index in [0.29, 0.717) is 5.92 Å². The third-order valence-electron chi connectivity index (χ3n) is 3.44. The number of para-hydroxylation sites is 1. The SMILES string of the molecule is CCCC(C)CC(CBr)Cc1ccccc1OC. The molecule has 0 radical (unpaired) electrons. The van der Waals surface area contributed by atoms with Crippen LogP contribution in [0.3, 0.4) is 0 Å². The second-order valence-electron chi connectivity index (χ2n) is 5.17. The van der Waals surface area contributed by atoms with Crippen LogP contribution in [0.1, 0.15) is 38.7 Å². The maximum absolute atomic E-state index is 5.43. The van der Waals surface area contributed by atoms with Gasteiger partial charge in [0.2, 0.25) is 0 Å². The summed E-state index contributed by atoms with van der Waals surface area (Å²) in [5, 5.41) is 1.07. The number of halogens is 1. The van der Waals surface area contributed by atoms with E-state index in [0.717, 1.165) is 23.4 Å². The van der Waals surface area contributed by atoms with Crippen molar-refractivity contribution in [2.24, 2.45) is 11.8 Å². The van der Waals surface area contributed by atoms with E-state index in [1.165, 1.54) is 24.8 Å². The Bertz CT molecular complexity index is 338. The van der Waals surface area contributed by atoms with Crippen molar-refractivity contribution >= 4 is 15.9 Å². The van der Waals surface area contributed by atoms with Crippen molar-refractivity contribution in [3.63, 3.8) is 0 Å². The van der Waals surface area contributed by atoms with Crippen molar-refractivity contribution in [1.82, 2.24) is 0 Å². The molecule has 1 nitrogen and oxygen atoms in total. The Balaban J connectivity index is 2.61. The minimum Gasteiger partial charge on any atom is -0.496 e. The second kappa shape index (κ2) is 8.58. The maximum Gasteiger partial charge on any atom is 0.122 e. The van der Waals surface area contributed by atoms with Gasteiger partial charge in [0, 0.05) is 5.33 Å². The van der Waals surface area contributed by atoms with Crippen LogP contribution in [0, 0.1) is 11.8 Å². The topological polar surface area (TPSA) is 9.23 Å². The Morgan fingerprint density at radius 1 is 1.28 bits per heavy atom. The van der Waals surface area contributed by atoms with Crippen molar-refractivity contribution < 1.29 is 4.74 Å². The van der Waals surface area contributed by atoms with E-state index >= 15 is 0 Å². The normalized spacial score (nSPS) is 14.2. The molecule has 0 N–H and O–H groups in total. The minimum absolute atomic E-state index is 0.697. The first-order valence-electron chi connectivity index (χ1n) is 6.89. The van der Waals surface area contributed by atoms with Gasteiger partial charge < -0.3 is 4.74 Å². The first-order valence-corrected chi connectivity index (χ1v) is 8.01. The maximum atomic E-state index is 5.43. The molecular formula is C16H25BrO. The van der Waals surface area contributed by atoms with Gasteiger partial charge >= 0.3 is 0 Å². The van der Waals surface area contributed by atoms with Crippen LogP contribution in [0.2, 0.25) is 0 Å². The zero-order valence-corrected chi connectivity index (χ0v) is 13.4. The van der Waals surface area contributed by atoms with Gasteiger partial charge in [-0.05, 0) is 36.3 Å². The van der Waals surface area contributed by atoms with E-state index in [2.05, 4.69) is 48.0 Å². The molecule has 0 bridgehead atoms. The van der Waals surface area contributed by atoms with E-state index in [9.17, 15) is 0 Å². The lowest BCUT2D eigenvalue weighted by Gasteiger charge is -2.20.